The highest BCUT2D eigenvalue weighted by Gasteiger charge is 2.33. The van der Waals surface area contributed by atoms with Crippen LogP contribution in [0.2, 0.25) is 0 Å². The second kappa shape index (κ2) is 10.8. The molecule has 27 heavy (non-hydrogen) atoms. The van der Waals surface area contributed by atoms with Gasteiger partial charge in [0.2, 0.25) is 0 Å². The average Bonchev–Trinajstić information content (AvgIpc) is 3.11. The summed E-state index contributed by atoms with van der Waals surface area (Å²) < 4.78 is 37.7. The van der Waals surface area contributed by atoms with Crippen LogP contribution in [-0.4, -0.2) is 37.1 Å². The Balaban J connectivity index is 1.70. The summed E-state index contributed by atoms with van der Waals surface area (Å²) in [6, 6.07) is 9.95. The second-order valence-electron chi connectivity index (χ2n) is 5.71. The zero-order chi connectivity index (χ0) is 19.5. The molecule has 0 spiro atoms. The van der Waals surface area contributed by atoms with Crippen LogP contribution in [0.3, 0.4) is 0 Å². The molecule has 0 unspecified atom stereocenters. The summed E-state index contributed by atoms with van der Waals surface area (Å²) in [5.41, 5.74) is 0.252. The summed E-state index contributed by atoms with van der Waals surface area (Å²) in [6.07, 6.45) is -3.10. The number of aromatic nitrogens is 1. The second-order valence-corrected chi connectivity index (χ2v) is 6.65. The van der Waals surface area contributed by atoms with E-state index in [1.807, 2.05) is 37.3 Å². The van der Waals surface area contributed by atoms with Gasteiger partial charge >= 0.3 is 6.18 Å². The van der Waals surface area contributed by atoms with Gasteiger partial charge in [0.25, 0.3) is 0 Å². The quantitative estimate of drug-likeness (QED) is 0.341. The SMILES string of the molecule is CCNC(=NCCCNc1ccccc1)NCCc1nc(C(F)(F)F)cs1. The van der Waals surface area contributed by atoms with E-state index in [9.17, 15) is 13.2 Å². The molecule has 0 atom stereocenters. The van der Waals surface area contributed by atoms with Gasteiger partial charge in [-0.25, -0.2) is 4.98 Å². The lowest BCUT2D eigenvalue weighted by atomic mass is 10.3. The van der Waals surface area contributed by atoms with Gasteiger partial charge in [0.05, 0.1) is 5.01 Å². The molecule has 1 aromatic carbocycles. The highest BCUT2D eigenvalue weighted by atomic mass is 32.1. The first-order chi connectivity index (χ1) is 13.0. The fraction of sp³-hybridized carbons (Fsp3) is 0.444. The summed E-state index contributed by atoms with van der Waals surface area (Å²) in [7, 11) is 0. The van der Waals surface area contributed by atoms with Crippen molar-refractivity contribution >= 4 is 23.0 Å². The van der Waals surface area contributed by atoms with E-state index in [-0.39, 0.29) is 0 Å². The Labute approximate surface area is 161 Å². The standard InChI is InChI=1S/C18H24F3N5S/c1-2-22-17(24-11-6-10-23-14-7-4-3-5-8-14)25-12-9-16-26-15(13-27-16)18(19,20)21/h3-5,7-8,13,23H,2,6,9-12H2,1H3,(H2,22,24,25). The number of rotatable bonds is 9. The Hall–Kier alpha value is -2.29. The number of hydrogen-bond acceptors (Lipinski definition) is 4. The minimum atomic E-state index is -4.38. The van der Waals surface area contributed by atoms with E-state index in [1.165, 1.54) is 0 Å². The first kappa shape index (κ1) is 21.0. The molecule has 1 heterocycles. The van der Waals surface area contributed by atoms with Crippen LogP contribution in [0.5, 0.6) is 0 Å². The number of hydrogen-bond donors (Lipinski definition) is 3. The van der Waals surface area contributed by atoms with Crippen molar-refractivity contribution in [3.63, 3.8) is 0 Å². The number of benzene rings is 1. The lowest BCUT2D eigenvalue weighted by Gasteiger charge is -2.11. The zero-order valence-electron chi connectivity index (χ0n) is 15.1. The van der Waals surface area contributed by atoms with Gasteiger partial charge in [-0.05, 0) is 25.5 Å². The van der Waals surface area contributed by atoms with Gasteiger partial charge in [0.15, 0.2) is 11.7 Å². The predicted molar refractivity (Wildman–Crippen MR) is 104 cm³/mol. The Morgan fingerprint density at radius 3 is 2.59 bits per heavy atom. The molecular formula is C18H24F3N5S. The van der Waals surface area contributed by atoms with Crippen molar-refractivity contribution in [2.24, 2.45) is 4.99 Å². The van der Waals surface area contributed by atoms with Crippen LogP contribution in [-0.2, 0) is 12.6 Å². The number of nitrogens with zero attached hydrogens (tertiary/aromatic N) is 2. The van der Waals surface area contributed by atoms with Gasteiger partial charge in [-0.15, -0.1) is 11.3 Å². The fourth-order valence-electron chi connectivity index (χ4n) is 2.24. The number of aliphatic imine (C=N–C) groups is 1. The van der Waals surface area contributed by atoms with Crippen LogP contribution in [0, 0.1) is 0 Å². The predicted octanol–water partition coefficient (Wildman–Crippen LogP) is 3.76. The van der Waals surface area contributed by atoms with Crippen LogP contribution in [0.25, 0.3) is 0 Å². The van der Waals surface area contributed by atoms with Crippen molar-refractivity contribution in [3.8, 4) is 0 Å². The maximum atomic E-state index is 12.6. The summed E-state index contributed by atoms with van der Waals surface area (Å²) in [5, 5.41) is 11.1. The molecule has 2 rings (SSSR count). The summed E-state index contributed by atoms with van der Waals surface area (Å²) in [5.74, 6) is 0.657. The Morgan fingerprint density at radius 2 is 1.93 bits per heavy atom. The minimum absolute atomic E-state index is 0.417. The van der Waals surface area contributed by atoms with Crippen LogP contribution in [0.4, 0.5) is 18.9 Å². The maximum Gasteiger partial charge on any atom is 0.434 e. The van der Waals surface area contributed by atoms with Gasteiger partial charge in [0.1, 0.15) is 0 Å². The molecular weight excluding hydrogens is 375 g/mol. The molecule has 1 aromatic heterocycles. The van der Waals surface area contributed by atoms with Gasteiger partial charge in [-0.2, -0.15) is 13.2 Å². The molecule has 5 nitrogen and oxygen atoms in total. The number of thiazole rings is 1. The number of para-hydroxylation sites is 1. The number of alkyl halides is 3. The molecule has 9 heteroatoms. The monoisotopic (exact) mass is 399 g/mol. The average molecular weight is 399 g/mol. The van der Waals surface area contributed by atoms with E-state index in [4.69, 9.17) is 0 Å². The van der Waals surface area contributed by atoms with Gasteiger partial charge < -0.3 is 16.0 Å². The van der Waals surface area contributed by atoms with Gasteiger partial charge in [-0.1, -0.05) is 18.2 Å². The molecule has 0 aliphatic carbocycles. The van der Waals surface area contributed by atoms with Gasteiger partial charge in [0, 0.05) is 43.7 Å². The third-order valence-corrected chi connectivity index (χ3v) is 4.43. The third-order valence-electron chi connectivity index (χ3n) is 3.53. The van der Waals surface area contributed by atoms with Crippen LogP contribution in [0.1, 0.15) is 24.0 Å². The van der Waals surface area contributed by atoms with Crippen LogP contribution in [0.15, 0.2) is 40.7 Å². The van der Waals surface area contributed by atoms with Crippen molar-refractivity contribution < 1.29 is 13.2 Å². The molecule has 3 N–H and O–H groups in total. The lowest BCUT2D eigenvalue weighted by molar-refractivity contribution is -0.140. The highest BCUT2D eigenvalue weighted by molar-refractivity contribution is 7.09. The smallest absolute Gasteiger partial charge is 0.385 e. The van der Waals surface area contributed by atoms with E-state index in [1.54, 1.807) is 0 Å². The first-order valence-electron chi connectivity index (χ1n) is 8.81. The Morgan fingerprint density at radius 1 is 1.15 bits per heavy atom. The van der Waals surface area contributed by atoms with Gasteiger partial charge in [-0.3, -0.25) is 4.99 Å². The molecule has 0 aliphatic rings. The molecule has 0 saturated carbocycles. The molecule has 0 saturated heterocycles. The largest absolute Gasteiger partial charge is 0.434 e. The fourth-order valence-corrected chi connectivity index (χ4v) is 3.05. The van der Waals surface area contributed by atoms with E-state index in [2.05, 4.69) is 25.9 Å². The molecule has 0 aliphatic heterocycles. The topological polar surface area (TPSA) is 61.3 Å². The van der Waals surface area contributed by atoms with E-state index < -0.39 is 11.9 Å². The van der Waals surface area contributed by atoms with E-state index in [0.29, 0.717) is 37.0 Å². The Kier molecular flexibility index (Phi) is 8.38. The normalized spacial score (nSPS) is 12.1. The van der Waals surface area contributed by atoms with Crippen molar-refractivity contribution in [3.05, 3.63) is 46.4 Å². The van der Waals surface area contributed by atoms with Crippen molar-refractivity contribution in [1.82, 2.24) is 15.6 Å². The summed E-state index contributed by atoms with van der Waals surface area (Å²) in [4.78, 5) is 8.10. The van der Waals surface area contributed by atoms with Crippen LogP contribution >= 0.6 is 11.3 Å². The minimum Gasteiger partial charge on any atom is -0.385 e. The maximum absolute atomic E-state index is 12.6. The van der Waals surface area contributed by atoms with Crippen molar-refractivity contribution in [2.75, 3.05) is 31.5 Å². The van der Waals surface area contributed by atoms with Crippen molar-refractivity contribution in [1.29, 1.82) is 0 Å². The molecule has 0 amide bonds. The number of nitrogens with one attached hydrogen (secondary N) is 3. The molecule has 0 fully saturated rings. The zero-order valence-corrected chi connectivity index (χ0v) is 16.0. The number of halogens is 3. The lowest BCUT2D eigenvalue weighted by Crippen LogP contribution is -2.38. The molecule has 2 aromatic rings. The third kappa shape index (κ3) is 7.86. The highest BCUT2D eigenvalue weighted by Crippen LogP contribution is 2.29. The number of anilines is 1. The first-order valence-corrected chi connectivity index (χ1v) is 9.69. The van der Waals surface area contributed by atoms with E-state index >= 15 is 0 Å². The van der Waals surface area contributed by atoms with Crippen molar-refractivity contribution in [2.45, 2.75) is 25.9 Å². The number of guanidine groups is 1. The summed E-state index contributed by atoms with van der Waals surface area (Å²) >= 11 is 1.02. The van der Waals surface area contributed by atoms with Crippen LogP contribution < -0.4 is 16.0 Å². The molecule has 0 bridgehead atoms. The van der Waals surface area contributed by atoms with E-state index in [0.717, 1.165) is 35.4 Å². The Bertz CT molecular complexity index is 701. The molecule has 0 radical (unpaired) electrons. The summed E-state index contributed by atoms with van der Waals surface area (Å²) in [6.45, 7) is 4.60. The molecule has 148 valence electrons.